The molecule has 0 fully saturated rings. The fourth-order valence-corrected chi connectivity index (χ4v) is 7.08. The summed E-state index contributed by atoms with van der Waals surface area (Å²) in [6, 6.07) is 42.8. The first kappa shape index (κ1) is 42.2. The molecule has 0 saturated carbocycles. The molecular formula is C50H42O10. The minimum absolute atomic E-state index is 0.0543. The Bertz CT molecular complexity index is 2320. The van der Waals surface area contributed by atoms with Gasteiger partial charge in [0, 0.05) is 22.3 Å². The lowest BCUT2D eigenvalue weighted by Gasteiger charge is -2.31. The quantitative estimate of drug-likeness (QED) is 0.0671. The van der Waals surface area contributed by atoms with Crippen LogP contribution in [0.15, 0.2) is 158 Å². The normalized spacial score (nSPS) is 12.9. The van der Waals surface area contributed by atoms with E-state index in [9.17, 15) is 39.0 Å². The van der Waals surface area contributed by atoms with Crippen molar-refractivity contribution in [3.05, 3.63) is 213 Å². The molecule has 0 heterocycles. The summed E-state index contributed by atoms with van der Waals surface area (Å²) < 4.78 is 12.4. The molecule has 0 aliphatic carbocycles. The van der Waals surface area contributed by atoms with Crippen molar-refractivity contribution in [3.8, 4) is 0 Å². The maximum atomic E-state index is 14.2. The highest BCUT2D eigenvalue weighted by Crippen LogP contribution is 2.32. The molecule has 0 radical (unpaired) electrons. The highest BCUT2D eigenvalue weighted by atomic mass is 16.6. The van der Waals surface area contributed by atoms with Gasteiger partial charge >= 0.3 is 23.9 Å². The molecule has 0 saturated heterocycles. The summed E-state index contributed by atoms with van der Waals surface area (Å²) >= 11 is 0. The predicted octanol–water partition coefficient (Wildman–Crippen LogP) is 9.68. The van der Waals surface area contributed by atoms with Crippen LogP contribution in [0.4, 0.5) is 0 Å². The standard InChI is InChI=1S/C50H42O10/c1-31(33-15-7-3-8-16-33)27-43(59-49(57)39-25-23-37(29-41(39)47(53)54)45(51)35-19-11-5-12-20-35)44(28-32(2)34-17-9-4-10-18-34)60-50(58)40-26-24-38(30-42(40)48(55)56)46(52)36-21-13-6-14-22-36/h3-26,29-32,43-44H,27-28H2,1-2H3,(H,53,54)(H,55,56). The van der Waals surface area contributed by atoms with Crippen molar-refractivity contribution in [2.24, 2.45) is 0 Å². The van der Waals surface area contributed by atoms with E-state index in [0.717, 1.165) is 23.3 Å². The van der Waals surface area contributed by atoms with E-state index in [1.165, 1.54) is 24.3 Å². The molecule has 0 aromatic heterocycles. The largest absolute Gasteiger partial charge is 0.478 e. The molecule has 6 aromatic rings. The Labute approximate surface area is 347 Å². The van der Waals surface area contributed by atoms with Crippen molar-refractivity contribution >= 4 is 35.4 Å². The lowest BCUT2D eigenvalue weighted by Crippen LogP contribution is -2.38. The third-order valence-corrected chi connectivity index (χ3v) is 10.4. The zero-order chi connectivity index (χ0) is 42.8. The zero-order valence-electron chi connectivity index (χ0n) is 32.9. The Morgan fingerprint density at radius 1 is 0.417 bits per heavy atom. The second-order valence-electron chi connectivity index (χ2n) is 14.5. The van der Waals surface area contributed by atoms with Gasteiger partial charge in [0.2, 0.25) is 0 Å². The van der Waals surface area contributed by atoms with Gasteiger partial charge in [-0.25, -0.2) is 19.2 Å². The van der Waals surface area contributed by atoms with Crippen molar-refractivity contribution in [2.75, 3.05) is 0 Å². The Morgan fingerprint density at radius 3 is 1.05 bits per heavy atom. The van der Waals surface area contributed by atoms with Crippen LogP contribution in [0.1, 0.15) is 123 Å². The van der Waals surface area contributed by atoms with Crippen LogP contribution in [-0.2, 0) is 9.47 Å². The van der Waals surface area contributed by atoms with Crippen molar-refractivity contribution in [1.29, 1.82) is 0 Å². The summed E-state index contributed by atoms with van der Waals surface area (Å²) in [5.74, 6) is -6.41. The lowest BCUT2D eigenvalue weighted by atomic mass is 9.88. The average Bonchev–Trinajstić information content (AvgIpc) is 3.28. The second kappa shape index (κ2) is 19.3. The third kappa shape index (κ3) is 10.2. The molecule has 0 spiro atoms. The van der Waals surface area contributed by atoms with Gasteiger partial charge in [-0.1, -0.05) is 147 Å². The predicted molar refractivity (Wildman–Crippen MR) is 224 cm³/mol. The van der Waals surface area contributed by atoms with Crippen LogP contribution in [0, 0.1) is 0 Å². The number of ketones is 2. The van der Waals surface area contributed by atoms with E-state index < -0.39 is 58.8 Å². The number of hydrogen-bond donors (Lipinski definition) is 2. The highest BCUT2D eigenvalue weighted by molar-refractivity contribution is 6.12. The summed E-state index contributed by atoms with van der Waals surface area (Å²) in [5, 5.41) is 20.5. The monoisotopic (exact) mass is 802 g/mol. The van der Waals surface area contributed by atoms with Crippen molar-refractivity contribution in [1.82, 2.24) is 0 Å². The molecule has 10 nitrogen and oxygen atoms in total. The first-order chi connectivity index (χ1) is 28.9. The number of hydrogen-bond acceptors (Lipinski definition) is 8. The first-order valence-electron chi connectivity index (χ1n) is 19.4. The summed E-state index contributed by atoms with van der Waals surface area (Å²) in [7, 11) is 0. The summed E-state index contributed by atoms with van der Waals surface area (Å²) in [5.41, 5.74) is 0.994. The number of ether oxygens (including phenoxy) is 2. The van der Waals surface area contributed by atoms with E-state index in [-0.39, 0.29) is 46.9 Å². The van der Waals surface area contributed by atoms with Crippen LogP contribution in [0.25, 0.3) is 0 Å². The van der Waals surface area contributed by atoms with E-state index in [1.54, 1.807) is 60.7 Å². The fourth-order valence-electron chi connectivity index (χ4n) is 7.08. The summed E-state index contributed by atoms with van der Waals surface area (Å²) in [4.78, 5) is 80.1. The fraction of sp³-hybridized carbons (Fsp3) is 0.160. The minimum Gasteiger partial charge on any atom is -0.478 e. The van der Waals surface area contributed by atoms with Crippen LogP contribution in [0.5, 0.6) is 0 Å². The lowest BCUT2D eigenvalue weighted by molar-refractivity contribution is -0.0445. The van der Waals surface area contributed by atoms with E-state index >= 15 is 0 Å². The van der Waals surface area contributed by atoms with Gasteiger partial charge in [0.1, 0.15) is 12.2 Å². The Balaban J connectivity index is 1.38. The van der Waals surface area contributed by atoms with Gasteiger partial charge in [0.05, 0.1) is 22.3 Å². The molecule has 302 valence electrons. The molecule has 6 aromatic carbocycles. The first-order valence-corrected chi connectivity index (χ1v) is 19.4. The number of aromatic carboxylic acids is 2. The second-order valence-corrected chi connectivity index (χ2v) is 14.5. The number of carbonyl (C=O) groups excluding carboxylic acids is 4. The molecule has 0 bridgehead atoms. The zero-order valence-corrected chi connectivity index (χ0v) is 32.9. The van der Waals surface area contributed by atoms with Gasteiger partial charge in [-0.3, -0.25) is 9.59 Å². The number of carboxylic acids is 2. The van der Waals surface area contributed by atoms with Gasteiger partial charge in [-0.2, -0.15) is 0 Å². The highest BCUT2D eigenvalue weighted by Gasteiger charge is 2.35. The van der Waals surface area contributed by atoms with E-state index in [0.29, 0.717) is 11.1 Å². The van der Waals surface area contributed by atoms with Crippen LogP contribution in [0.2, 0.25) is 0 Å². The van der Waals surface area contributed by atoms with E-state index in [1.807, 2.05) is 74.5 Å². The van der Waals surface area contributed by atoms with Gasteiger partial charge < -0.3 is 19.7 Å². The van der Waals surface area contributed by atoms with Crippen molar-refractivity contribution in [2.45, 2.75) is 50.7 Å². The molecule has 60 heavy (non-hydrogen) atoms. The molecule has 4 atom stereocenters. The molecular weight excluding hydrogens is 761 g/mol. The molecule has 0 aliphatic rings. The van der Waals surface area contributed by atoms with Gasteiger partial charge in [-0.05, 0) is 60.1 Å². The molecule has 0 amide bonds. The molecule has 0 aliphatic heterocycles. The number of carboxylic acid groups (broad SMARTS) is 2. The molecule has 10 heteroatoms. The van der Waals surface area contributed by atoms with Crippen LogP contribution < -0.4 is 0 Å². The summed E-state index contributed by atoms with van der Waals surface area (Å²) in [6.45, 7) is 3.82. The van der Waals surface area contributed by atoms with Gasteiger partial charge in [0.25, 0.3) is 0 Å². The van der Waals surface area contributed by atoms with Gasteiger partial charge in [-0.15, -0.1) is 0 Å². The number of carbonyl (C=O) groups is 6. The smallest absolute Gasteiger partial charge is 0.339 e. The minimum atomic E-state index is -1.46. The van der Waals surface area contributed by atoms with Crippen molar-refractivity contribution in [3.63, 3.8) is 0 Å². The maximum Gasteiger partial charge on any atom is 0.339 e. The Kier molecular flexibility index (Phi) is 13.6. The average molecular weight is 803 g/mol. The maximum absolute atomic E-state index is 14.2. The van der Waals surface area contributed by atoms with Gasteiger partial charge in [0.15, 0.2) is 11.6 Å². The van der Waals surface area contributed by atoms with Crippen molar-refractivity contribution < 1.29 is 48.5 Å². The Hall–Kier alpha value is -7.46. The number of benzene rings is 6. The number of rotatable bonds is 17. The number of esters is 2. The third-order valence-electron chi connectivity index (χ3n) is 10.4. The van der Waals surface area contributed by atoms with Crippen LogP contribution in [-0.4, -0.2) is 57.9 Å². The van der Waals surface area contributed by atoms with E-state index in [2.05, 4.69) is 0 Å². The topological polar surface area (TPSA) is 161 Å². The van der Waals surface area contributed by atoms with Crippen LogP contribution in [0.3, 0.4) is 0 Å². The van der Waals surface area contributed by atoms with E-state index in [4.69, 9.17) is 9.47 Å². The van der Waals surface area contributed by atoms with Crippen LogP contribution >= 0.6 is 0 Å². The molecule has 6 rings (SSSR count). The SMILES string of the molecule is CC(CC(OC(=O)c1ccc(C(=O)c2ccccc2)cc1C(=O)O)C(CC(C)c1ccccc1)OC(=O)c1ccc(C(=O)c2ccccc2)cc1C(=O)O)c1ccccc1. The summed E-state index contributed by atoms with van der Waals surface area (Å²) in [6.07, 6.45) is -2.17. The molecule has 2 N–H and O–H groups in total. The Morgan fingerprint density at radius 2 is 0.733 bits per heavy atom. The molecule has 4 unspecified atom stereocenters.